The summed E-state index contributed by atoms with van der Waals surface area (Å²) in [7, 11) is 0. The van der Waals surface area contributed by atoms with Gasteiger partial charge in [-0.3, -0.25) is 0 Å². The molecule has 0 unspecified atom stereocenters. The van der Waals surface area contributed by atoms with E-state index in [0.29, 0.717) is 21.4 Å². The van der Waals surface area contributed by atoms with Gasteiger partial charge in [0.2, 0.25) is 0 Å². The molecule has 0 radical (unpaired) electrons. The van der Waals surface area contributed by atoms with Crippen LogP contribution >= 0.6 is 23.2 Å². The van der Waals surface area contributed by atoms with Crippen molar-refractivity contribution < 1.29 is 0 Å². The molecular formula is C12H7Cl2N3. The highest BCUT2D eigenvalue weighted by Crippen LogP contribution is 2.28. The molecule has 2 rings (SSSR count). The van der Waals surface area contributed by atoms with Crippen molar-refractivity contribution in [1.29, 1.82) is 5.26 Å². The highest BCUT2D eigenvalue weighted by Gasteiger charge is 2.17. The summed E-state index contributed by atoms with van der Waals surface area (Å²) in [5.41, 5.74) is 1.25. The summed E-state index contributed by atoms with van der Waals surface area (Å²) < 4.78 is 0. The first-order valence-electron chi connectivity index (χ1n) is 4.85. The normalized spacial score (nSPS) is 11.8. The minimum atomic E-state index is -0.534. The lowest BCUT2D eigenvalue weighted by Gasteiger charge is -2.09. The van der Waals surface area contributed by atoms with Gasteiger partial charge in [-0.05, 0) is 23.8 Å². The van der Waals surface area contributed by atoms with Crippen molar-refractivity contribution in [2.75, 3.05) is 0 Å². The first-order valence-corrected chi connectivity index (χ1v) is 5.61. The maximum absolute atomic E-state index is 9.22. The quantitative estimate of drug-likeness (QED) is 0.834. The van der Waals surface area contributed by atoms with E-state index in [-0.39, 0.29) is 0 Å². The Labute approximate surface area is 109 Å². The Morgan fingerprint density at radius 2 is 1.82 bits per heavy atom. The van der Waals surface area contributed by atoms with Crippen LogP contribution in [0.25, 0.3) is 0 Å². The summed E-state index contributed by atoms with van der Waals surface area (Å²) in [6, 6.07) is 12.6. The van der Waals surface area contributed by atoms with E-state index >= 15 is 0 Å². The summed E-state index contributed by atoms with van der Waals surface area (Å²) in [5.74, 6) is -0.534. The van der Waals surface area contributed by atoms with Crippen LogP contribution in [0.15, 0.2) is 36.4 Å². The van der Waals surface area contributed by atoms with Crippen molar-refractivity contribution in [2.24, 2.45) is 0 Å². The maximum Gasteiger partial charge on any atom is 0.151 e. The number of hydrogen-bond acceptors (Lipinski definition) is 3. The van der Waals surface area contributed by atoms with Gasteiger partial charge in [0.15, 0.2) is 5.15 Å². The average molecular weight is 264 g/mol. The molecule has 0 aliphatic rings. The number of benzene rings is 1. The molecule has 1 aromatic carbocycles. The van der Waals surface area contributed by atoms with E-state index in [4.69, 9.17) is 23.2 Å². The van der Waals surface area contributed by atoms with Crippen molar-refractivity contribution in [3.63, 3.8) is 0 Å². The zero-order valence-electron chi connectivity index (χ0n) is 8.64. The lowest BCUT2D eigenvalue weighted by molar-refractivity contribution is 0.885. The van der Waals surface area contributed by atoms with Crippen LogP contribution in [-0.2, 0) is 0 Å². The largest absolute Gasteiger partial charge is 0.197 e. The van der Waals surface area contributed by atoms with Gasteiger partial charge in [-0.1, -0.05) is 41.4 Å². The predicted octanol–water partition coefficient (Wildman–Crippen LogP) is 3.44. The number of aromatic nitrogens is 2. The van der Waals surface area contributed by atoms with Crippen LogP contribution in [-0.4, -0.2) is 10.2 Å². The molecule has 3 nitrogen and oxygen atoms in total. The second-order valence-corrected chi connectivity index (χ2v) is 4.16. The second kappa shape index (κ2) is 5.13. The van der Waals surface area contributed by atoms with Gasteiger partial charge in [0.05, 0.1) is 11.8 Å². The Hall–Kier alpha value is -1.63. The number of hydrogen-bond donors (Lipinski definition) is 0. The van der Waals surface area contributed by atoms with Crippen LogP contribution in [0.2, 0.25) is 10.2 Å². The molecule has 0 amide bonds. The molecule has 17 heavy (non-hydrogen) atoms. The zero-order chi connectivity index (χ0) is 12.3. The van der Waals surface area contributed by atoms with Gasteiger partial charge in [0, 0.05) is 5.02 Å². The minimum absolute atomic E-state index is 0.296. The van der Waals surface area contributed by atoms with Crippen LogP contribution in [0.1, 0.15) is 17.2 Å². The highest BCUT2D eigenvalue weighted by molar-refractivity contribution is 6.31. The van der Waals surface area contributed by atoms with E-state index in [1.165, 1.54) is 0 Å². The Balaban J connectivity index is 2.45. The minimum Gasteiger partial charge on any atom is -0.197 e. The van der Waals surface area contributed by atoms with Gasteiger partial charge in [0.1, 0.15) is 5.92 Å². The van der Waals surface area contributed by atoms with Gasteiger partial charge in [-0.2, -0.15) is 10.4 Å². The van der Waals surface area contributed by atoms with E-state index in [1.807, 2.05) is 12.1 Å². The van der Waals surface area contributed by atoms with Crippen molar-refractivity contribution in [2.45, 2.75) is 5.92 Å². The Bertz CT molecular complexity index is 561. The number of halogens is 2. The topological polar surface area (TPSA) is 49.6 Å². The molecule has 84 valence electrons. The van der Waals surface area contributed by atoms with Gasteiger partial charge < -0.3 is 0 Å². The molecule has 0 fully saturated rings. The number of nitrogens with zero attached hydrogens (tertiary/aromatic N) is 3. The molecule has 0 aliphatic carbocycles. The van der Waals surface area contributed by atoms with Crippen molar-refractivity contribution >= 4 is 23.2 Å². The lowest BCUT2D eigenvalue weighted by atomic mass is 9.97. The molecule has 1 atom stereocenters. The van der Waals surface area contributed by atoms with E-state index in [9.17, 15) is 5.26 Å². The first-order chi connectivity index (χ1) is 8.22. The fourth-order valence-corrected chi connectivity index (χ4v) is 1.83. The SMILES string of the molecule is N#C[C@H](c1ccc(Cl)nn1)c1ccccc1Cl. The standard InChI is InChI=1S/C12H7Cl2N3/c13-10-4-2-1-3-8(10)9(7-15)11-5-6-12(14)17-16-11/h1-6,9H/t9-/m0/s1. The predicted molar refractivity (Wildman–Crippen MR) is 66.0 cm³/mol. The summed E-state index contributed by atoms with van der Waals surface area (Å²) in [4.78, 5) is 0. The summed E-state index contributed by atoms with van der Waals surface area (Å²) in [6.45, 7) is 0. The fourth-order valence-electron chi connectivity index (χ4n) is 1.48. The molecular weight excluding hydrogens is 257 g/mol. The van der Waals surface area contributed by atoms with E-state index in [2.05, 4.69) is 16.3 Å². The third kappa shape index (κ3) is 2.55. The summed E-state index contributed by atoms with van der Waals surface area (Å²) in [6.07, 6.45) is 0. The molecule has 1 aromatic heterocycles. The molecule has 5 heteroatoms. The number of nitriles is 1. The van der Waals surface area contributed by atoms with E-state index in [0.717, 1.165) is 0 Å². The molecule has 0 N–H and O–H groups in total. The molecule has 0 spiro atoms. The van der Waals surface area contributed by atoms with Crippen LogP contribution < -0.4 is 0 Å². The Morgan fingerprint density at radius 1 is 1.06 bits per heavy atom. The molecule has 2 aromatic rings. The van der Waals surface area contributed by atoms with Crippen molar-refractivity contribution in [3.05, 3.63) is 57.8 Å². The number of rotatable bonds is 2. The van der Waals surface area contributed by atoms with Crippen LogP contribution in [0, 0.1) is 11.3 Å². The van der Waals surface area contributed by atoms with Gasteiger partial charge >= 0.3 is 0 Å². The maximum atomic E-state index is 9.22. The van der Waals surface area contributed by atoms with E-state index in [1.54, 1.807) is 24.3 Å². The third-order valence-electron chi connectivity index (χ3n) is 2.29. The fraction of sp³-hybridized carbons (Fsp3) is 0.0833. The molecule has 0 saturated heterocycles. The van der Waals surface area contributed by atoms with Gasteiger partial charge in [0.25, 0.3) is 0 Å². The average Bonchev–Trinajstić information content (AvgIpc) is 2.35. The van der Waals surface area contributed by atoms with Crippen LogP contribution in [0.3, 0.4) is 0 Å². The van der Waals surface area contributed by atoms with E-state index < -0.39 is 5.92 Å². The summed E-state index contributed by atoms with van der Waals surface area (Å²) >= 11 is 11.7. The Kier molecular flexibility index (Phi) is 3.58. The van der Waals surface area contributed by atoms with Gasteiger partial charge in [-0.25, -0.2) is 0 Å². The highest BCUT2D eigenvalue weighted by atomic mass is 35.5. The summed E-state index contributed by atoms with van der Waals surface area (Å²) in [5, 5.41) is 17.7. The first kappa shape index (κ1) is 11.8. The van der Waals surface area contributed by atoms with Crippen LogP contribution in [0.4, 0.5) is 0 Å². The molecule has 0 bridgehead atoms. The Morgan fingerprint density at radius 3 is 2.41 bits per heavy atom. The monoisotopic (exact) mass is 263 g/mol. The second-order valence-electron chi connectivity index (χ2n) is 3.36. The molecule has 0 aliphatic heterocycles. The van der Waals surface area contributed by atoms with Gasteiger partial charge in [-0.15, -0.1) is 5.10 Å². The molecule has 1 heterocycles. The molecule has 0 saturated carbocycles. The third-order valence-corrected chi connectivity index (χ3v) is 2.84. The van der Waals surface area contributed by atoms with Crippen molar-refractivity contribution in [3.8, 4) is 6.07 Å². The zero-order valence-corrected chi connectivity index (χ0v) is 10.2. The smallest absolute Gasteiger partial charge is 0.151 e. The lowest BCUT2D eigenvalue weighted by Crippen LogP contribution is -2.03. The van der Waals surface area contributed by atoms with Crippen LogP contribution in [0.5, 0.6) is 0 Å². The van der Waals surface area contributed by atoms with Crippen molar-refractivity contribution in [1.82, 2.24) is 10.2 Å².